The number of imidazole rings is 1. The SMILES string of the molecule is Cc1nc2ccccc2n1CCCNc1ccccc1. The third-order valence-electron chi connectivity index (χ3n) is 3.51. The number of para-hydroxylation sites is 3. The molecule has 0 aliphatic rings. The van der Waals surface area contributed by atoms with Gasteiger partial charge in [-0.05, 0) is 37.6 Å². The molecule has 1 N–H and O–H groups in total. The molecule has 3 rings (SSSR count). The van der Waals surface area contributed by atoms with Crippen LogP contribution in [0.3, 0.4) is 0 Å². The van der Waals surface area contributed by atoms with Crippen molar-refractivity contribution >= 4 is 16.7 Å². The molecule has 2 aromatic carbocycles. The largest absolute Gasteiger partial charge is 0.385 e. The Balaban J connectivity index is 1.61. The Bertz CT molecular complexity index is 686. The number of benzene rings is 2. The second kappa shape index (κ2) is 5.78. The number of aromatic nitrogens is 2. The maximum Gasteiger partial charge on any atom is 0.106 e. The second-order valence-electron chi connectivity index (χ2n) is 4.95. The summed E-state index contributed by atoms with van der Waals surface area (Å²) in [5.41, 5.74) is 3.49. The number of anilines is 1. The van der Waals surface area contributed by atoms with Crippen LogP contribution in [0.25, 0.3) is 11.0 Å². The van der Waals surface area contributed by atoms with Crippen molar-refractivity contribution in [3.63, 3.8) is 0 Å². The van der Waals surface area contributed by atoms with Crippen molar-refractivity contribution in [2.45, 2.75) is 19.9 Å². The van der Waals surface area contributed by atoms with E-state index in [2.05, 4.69) is 64.3 Å². The molecule has 3 heteroatoms. The minimum absolute atomic E-state index is 0.968. The van der Waals surface area contributed by atoms with Crippen molar-refractivity contribution in [2.75, 3.05) is 11.9 Å². The minimum Gasteiger partial charge on any atom is -0.385 e. The lowest BCUT2D eigenvalue weighted by Crippen LogP contribution is -2.07. The van der Waals surface area contributed by atoms with Crippen molar-refractivity contribution in [1.82, 2.24) is 9.55 Å². The van der Waals surface area contributed by atoms with Crippen LogP contribution in [0.5, 0.6) is 0 Å². The number of aryl methyl sites for hydroxylation is 2. The summed E-state index contributed by atoms with van der Waals surface area (Å²) in [7, 11) is 0. The standard InChI is InChI=1S/C17H19N3/c1-14-19-16-10-5-6-11-17(16)20(14)13-7-12-18-15-8-3-2-4-9-15/h2-6,8-11,18H,7,12-13H2,1H3. The molecule has 102 valence electrons. The predicted molar refractivity (Wildman–Crippen MR) is 84.0 cm³/mol. The molecule has 1 heterocycles. The Morgan fingerprint density at radius 3 is 2.60 bits per heavy atom. The van der Waals surface area contributed by atoms with Crippen LogP contribution in [0, 0.1) is 6.92 Å². The first-order valence-electron chi connectivity index (χ1n) is 7.05. The highest BCUT2D eigenvalue weighted by Crippen LogP contribution is 2.15. The fourth-order valence-electron chi connectivity index (χ4n) is 2.50. The topological polar surface area (TPSA) is 29.9 Å². The molecule has 0 radical (unpaired) electrons. The smallest absolute Gasteiger partial charge is 0.106 e. The van der Waals surface area contributed by atoms with Crippen molar-refractivity contribution in [1.29, 1.82) is 0 Å². The summed E-state index contributed by atoms with van der Waals surface area (Å²) < 4.78 is 2.29. The highest BCUT2D eigenvalue weighted by atomic mass is 15.1. The van der Waals surface area contributed by atoms with E-state index in [4.69, 9.17) is 0 Å². The predicted octanol–water partition coefficient (Wildman–Crippen LogP) is 3.85. The van der Waals surface area contributed by atoms with Gasteiger partial charge in [0.2, 0.25) is 0 Å². The van der Waals surface area contributed by atoms with E-state index in [1.807, 2.05) is 12.1 Å². The van der Waals surface area contributed by atoms with E-state index in [1.165, 1.54) is 11.2 Å². The van der Waals surface area contributed by atoms with Gasteiger partial charge in [-0.2, -0.15) is 0 Å². The molecule has 0 aliphatic heterocycles. The molecule has 20 heavy (non-hydrogen) atoms. The van der Waals surface area contributed by atoms with Gasteiger partial charge in [-0.25, -0.2) is 4.98 Å². The quantitative estimate of drug-likeness (QED) is 0.710. The van der Waals surface area contributed by atoms with E-state index in [0.717, 1.165) is 30.9 Å². The Labute approximate surface area is 119 Å². The summed E-state index contributed by atoms with van der Waals surface area (Å²) in [6.45, 7) is 4.03. The first kappa shape index (κ1) is 12.7. The highest BCUT2D eigenvalue weighted by Gasteiger charge is 2.05. The third-order valence-corrected chi connectivity index (χ3v) is 3.51. The van der Waals surface area contributed by atoms with Crippen molar-refractivity contribution in [3.8, 4) is 0 Å². The summed E-state index contributed by atoms with van der Waals surface area (Å²) in [6.07, 6.45) is 1.08. The van der Waals surface area contributed by atoms with E-state index < -0.39 is 0 Å². The second-order valence-corrected chi connectivity index (χ2v) is 4.95. The Morgan fingerprint density at radius 2 is 1.75 bits per heavy atom. The average Bonchev–Trinajstić information content (AvgIpc) is 2.80. The van der Waals surface area contributed by atoms with E-state index >= 15 is 0 Å². The molecule has 1 aromatic heterocycles. The van der Waals surface area contributed by atoms with Crippen LogP contribution < -0.4 is 5.32 Å². The van der Waals surface area contributed by atoms with Crippen LogP contribution >= 0.6 is 0 Å². The molecule has 3 aromatic rings. The molecule has 0 unspecified atom stereocenters. The number of fused-ring (bicyclic) bond motifs is 1. The Hall–Kier alpha value is -2.29. The van der Waals surface area contributed by atoms with Gasteiger partial charge in [-0.1, -0.05) is 30.3 Å². The number of nitrogens with one attached hydrogen (secondary N) is 1. The molecule has 0 saturated heterocycles. The van der Waals surface area contributed by atoms with Crippen molar-refractivity contribution in [2.24, 2.45) is 0 Å². The zero-order chi connectivity index (χ0) is 13.8. The van der Waals surface area contributed by atoms with Gasteiger partial charge in [0.05, 0.1) is 11.0 Å². The van der Waals surface area contributed by atoms with Gasteiger partial charge in [0.1, 0.15) is 5.82 Å². The maximum atomic E-state index is 4.59. The van der Waals surface area contributed by atoms with E-state index in [-0.39, 0.29) is 0 Å². The highest BCUT2D eigenvalue weighted by molar-refractivity contribution is 5.75. The summed E-state index contributed by atoms with van der Waals surface area (Å²) in [5, 5.41) is 3.44. The zero-order valence-corrected chi connectivity index (χ0v) is 11.7. The van der Waals surface area contributed by atoms with E-state index in [9.17, 15) is 0 Å². The van der Waals surface area contributed by atoms with Gasteiger partial charge < -0.3 is 9.88 Å². The number of rotatable bonds is 5. The minimum atomic E-state index is 0.968. The first-order chi connectivity index (χ1) is 9.84. The van der Waals surface area contributed by atoms with Crippen LogP contribution in [-0.4, -0.2) is 16.1 Å². The summed E-state index contributed by atoms with van der Waals surface area (Å²) in [5.74, 6) is 1.09. The van der Waals surface area contributed by atoms with Gasteiger partial charge in [0, 0.05) is 18.8 Å². The van der Waals surface area contributed by atoms with Crippen LogP contribution in [0.2, 0.25) is 0 Å². The molecule has 0 spiro atoms. The van der Waals surface area contributed by atoms with Crippen LogP contribution in [0.1, 0.15) is 12.2 Å². The summed E-state index contributed by atoms with van der Waals surface area (Å²) in [6, 6.07) is 18.6. The zero-order valence-electron chi connectivity index (χ0n) is 11.7. The van der Waals surface area contributed by atoms with Gasteiger partial charge in [-0.15, -0.1) is 0 Å². The van der Waals surface area contributed by atoms with E-state index in [1.54, 1.807) is 0 Å². The monoisotopic (exact) mass is 265 g/mol. The summed E-state index contributed by atoms with van der Waals surface area (Å²) in [4.78, 5) is 4.59. The summed E-state index contributed by atoms with van der Waals surface area (Å²) >= 11 is 0. The average molecular weight is 265 g/mol. The third kappa shape index (κ3) is 2.67. The van der Waals surface area contributed by atoms with Crippen molar-refractivity contribution in [3.05, 3.63) is 60.4 Å². The molecule has 3 nitrogen and oxygen atoms in total. The molecule has 0 saturated carbocycles. The molecule has 0 amide bonds. The van der Waals surface area contributed by atoms with Gasteiger partial charge in [-0.3, -0.25) is 0 Å². The lowest BCUT2D eigenvalue weighted by molar-refractivity contribution is 0.659. The Kier molecular flexibility index (Phi) is 3.68. The lowest BCUT2D eigenvalue weighted by Gasteiger charge is -2.09. The molecule has 0 bridgehead atoms. The molecule has 0 atom stereocenters. The fourth-order valence-corrected chi connectivity index (χ4v) is 2.50. The van der Waals surface area contributed by atoms with Gasteiger partial charge >= 0.3 is 0 Å². The van der Waals surface area contributed by atoms with Crippen LogP contribution in [0.15, 0.2) is 54.6 Å². The normalized spacial score (nSPS) is 10.8. The van der Waals surface area contributed by atoms with E-state index in [0.29, 0.717) is 0 Å². The van der Waals surface area contributed by atoms with Crippen LogP contribution in [-0.2, 0) is 6.54 Å². The first-order valence-corrected chi connectivity index (χ1v) is 7.05. The number of hydrogen-bond acceptors (Lipinski definition) is 2. The molecular formula is C17H19N3. The van der Waals surface area contributed by atoms with Crippen molar-refractivity contribution < 1.29 is 0 Å². The van der Waals surface area contributed by atoms with Gasteiger partial charge in [0.25, 0.3) is 0 Å². The molecular weight excluding hydrogens is 246 g/mol. The van der Waals surface area contributed by atoms with Gasteiger partial charge in [0.15, 0.2) is 0 Å². The molecule has 0 fully saturated rings. The number of hydrogen-bond donors (Lipinski definition) is 1. The number of nitrogens with zero attached hydrogens (tertiary/aromatic N) is 2. The Morgan fingerprint density at radius 1 is 1.00 bits per heavy atom. The maximum absolute atomic E-state index is 4.59. The lowest BCUT2D eigenvalue weighted by atomic mass is 10.3. The van der Waals surface area contributed by atoms with Crippen LogP contribution in [0.4, 0.5) is 5.69 Å². The molecule has 0 aliphatic carbocycles. The fraction of sp³-hybridized carbons (Fsp3) is 0.235.